The van der Waals surface area contributed by atoms with Crippen LogP contribution in [-0.4, -0.2) is 55.8 Å². The molecule has 0 fully saturated rings. The number of thioether (sulfide) groups is 1. The number of aliphatic hydroxyl groups is 1. The molecule has 0 spiro atoms. The number of ketones is 1. The van der Waals surface area contributed by atoms with E-state index in [0.29, 0.717) is 24.1 Å². The summed E-state index contributed by atoms with van der Waals surface area (Å²) in [5.74, 6) is 1.03. The van der Waals surface area contributed by atoms with Crippen molar-refractivity contribution in [2.45, 2.75) is 37.7 Å². The van der Waals surface area contributed by atoms with Crippen molar-refractivity contribution in [3.05, 3.63) is 45.4 Å². The number of fused-ring (bicyclic) bond motifs is 1. The van der Waals surface area contributed by atoms with Crippen LogP contribution in [0.1, 0.15) is 23.1 Å². The molecule has 0 saturated carbocycles. The van der Waals surface area contributed by atoms with Gasteiger partial charge in [0.05, 0.1) is 21.1 Å². The average molecular weight is 410 g/mol. The zero-order valence-electron chi connectivity index (χ0n) is 16.6. The summed E-state index contributed by atoms with van der Waals surface area (Å²) in [6, 6.07) is 2.11. The number of ether oxygens (including phenoxy) is 1. The number of allylic oxidation sites excluding steroid dienone is 4. The first-order valence-corrected chi connectivity index (χ1v) is 9.81. The van der Waals surface area contributed by atoms with Gasteiger partial charge in [0.1, 0.15) is 25.0 Å². The fourth-order valence-corrected chi connectivity index (χ4v) is 4.73. The van der Waals surface area contributed by atoms with Gasteiger partial charge >= 0.3 is 0 Å². The summed E-state index contributed by atoms with van der Waals surface area (Å²) in [5, 5.41) is 10.2. The van der Waals surface area contributed by atoms with Gasteiger partial charge in [0.15, 0.2) is 5.78 Å². The van der Waals surface area contributed by atoms with Gasteiger partial charge in [-0.15, -0.1) is 0 Å². The second kappa shape index (κ2) is 8.39. The molecular weight excluding hydrogens is 382 g/mol. The Kier molecular flexibility index (Phi) is 6.85. The van der Waals surface area contributed by atoms with Gasteiger partial charge in [0.25, 0.3) is 0 Å². The Morgan fingerprint density at radius 2 is 1.89 bits per heavy atom. The zero-order valence-corrected chi connectivity index (χ0v) is 18.2. The lowest BCUT2D eigenvalue weighted by molar-refractivity contribution is -0.873. The van der Waals surface area contributed by atoms with Gasteiger partial charge in [0, 0.05) is 16.2 Å². The number of nitrogens with zero attached hydrogens (tertiary/aromatic N) is 1. The number of likely N-dealkylation sites (N-methyl/N-ethyl adjacent to an activating group) is 1. The molecule has 1 aliphatic heterocycles. The third-order valence-corrected chi connectivity index (χ3v) is 6.25. The first kappa shape index (κ1) is 22.0. The van der Waals surface area contributed by atoms with Gasteiger partial charge in [-0.3, -0.25) is 4.79 Å². The Morgan fingerprint density at radius 1 is 1.19 bits per heavy atom. The Balaban J connectivity index is 0.00000261. The molecule has 0 saturated heterocycles. The van der Waals surface area contributed by atoms with Crippen LogP contribution in [0.4, 0.5) is 0 Å². The largest absolute Gasteiger partial charge is 1.00 e. The van der Waals surface area contributed by atoms with E-state index in [9.17, 15) is 9.90 Å². The summed E-state index contributed by atoms with van der Waals surface area (Å²) in [6.45, 7) is 5.12. The number of hydrogen-bond acceptors (Lipinski definition) is 4. The molecule has 6 heteroatoms. The van der Waals surface area contributed by atoms with Crippen LogP contribution in [0, 0.1) is 13.8 Å². The van der Waals surface area contributed by atoms with Crippen LogP contribution < -0.4 is 17.1 Å². The number of aliphatic hydroxyl groups excluding tert-OH is 1. The highest BCUT2D eigenvalue weighted by atomic mass is 35.5. The summed E-state index contributed by atoms with van der Waals surface area (Å²) in [6.07, 6.45) is 4.49. The highest BCUT2D eigenvalue weighted by Crippen LogP contribution is 2.46. The minimum atomic E-state index is -0.498. The minimum absolute atomic E-state index is 0. The van der Waals surface area contributed by atoms with E-state index in [-0.39, 0.29) is 18.2 Å². The van der Waals surface area contributed by atoms with Crippen LogP contribution in [0.25, 0.3) is 0 Å². The van der Waals surface area contributed by atoms with E-state index in [4.69, 9.17) is 4.74 Å². The van der Waals surface area contributed by atoms with Crippen molar-refractivity contribution >= 4 is 17.5 Å². The molecule has 1 aromatic rings. The van der Waals surface area contributed by atoms with E-state index in [1.54, 1.807) is 17.8 Å². The van der Waals surface area contributed by atoms with Crippen molar-refractivity contribution in [3.8, 4) is 5.75 Å². The lowest BCUT2D eigenvalue weighted by atomic mass is 9.95. The smallest absolute Gasteiger partial charge is 0.160 e. The lowest BCUT2D eigenvalue weighted by Gasteiger charge is -2.28. The maximum atomic E-state index is 11.7. The maximum absolute atomic E-state index is 11.7. The molecule has 1 N–H and O–H groups in total. The van der Waals surface area contributed by atoms with Crippen molar-refractivity contribution in [2.24, 2.45) is 0 Å². The Morgan fingerprint density at radius 3 is 2.56 bits per heavy atom. The average Bonchev–Trinajstić information content (AvgIpc) is 2.54. The number of halogens is 1. The molecule has 0 bridgehead atoms. The Bertz CT molecular complexity index is 809. The summed E-state index contributed by atoms with van der Waals surface area (Å²) >= 11 is 1.73. The van der Waals surface area contributed by atoms with Crippen LogP contribution >= 0.6 is 11.8 Å². The van der Waals surface area contributed by atoms with E-state index in [2.05, 4.69) is 41.1 Å². The molecule has 3 rings (SSSR count). The van der Waals surface area contributed by atoms with Gasteiger partial charge < -0.3 is 26.7 Å². The highest BCUT2D eigenvalue weighted by molar-refractivity contribution is 8.03. The van der Waals surface area contributed by atoms with E-state index in [0.717, 1.165) is 17.7 Å². The lowest BCUT2D eigenvalue weighted by Crippen LogP contribution is -3.00. The summed E-state index contributed by atoms with van der Waals surface area (Å²) in [7, 11) is 6.17. The van der Waals surface area contributed by atoms with Gasteiger partial charge in [-0.1, -0.05) is 17.8 Å². The van der Waals surface area contributed by atoms with E-state index in [1.165, 1.54) is 26.5 Å². The van der Waals surface area contributed by atoms with Crippen molar-refractivity contribution in [1.29, 1.82) is 0 Å². The Labute approximate surface area is 172 Å². The van der Waals surface area contributed by atoms with Crippen molar-refractivity contribution in [1.82, 2.24) is 0 Å². The van der Waals surface area contributed by atoms with Crippen LogP contribution in [0.15, 0.2) is 33.6 Å². The number of quaternary nitrogens is 1. The van der Waals surface area contributed by atoms with Crippen LogP contribution in [0.2, 0.25) is 0 Å². The van der Waals surface area contributed by atoms with Crippen LogP contribution in [0.5, 0.6) is 5.75 Å². The van der Waals surface area contributed by atoms with Gasteiger partial charge in [-0.2, -0.15) is 0 Å². The predicted octanol–water partition coefficient (Wildman–Crippen LogP) is 0.185. The molecule has 1 unspecified atom stereocenters. The second-order valence-corrected chi connectivity index (χ2v) is 9.36. The molecule has 27 heavy (non-hydrogen) atoms. The molecule has 1 atom stereocenters. The molecule has 0 amide bonds. The number of benzene rings is 1. The van der Waals surface area contributed by atoms with Crippen molar-refractivity contribution in [2.75, 3.05) is 34.3 Å². The summed E-state index contributed by atoms with van der Waals surface area (Å²) in [5.41, 5.74) is 4.79. The summed E-state index contributed by atoms with van der Waals surface area (Å²) < 4.78 is 6.69. The highest BCUT2D eigenvalue weighted by Gasteiger charge is 2.25. The van der Waals surface area contributed by atoms with Gasteiger partial charge in [0.2, 0.25) is 0 Å². The third kappa shape index (κ3) is 5.17. The van der Waals surface area contributed by atoms with Crippen LogP contribution in [0.3, 0.4) is 0 Å². The number of carbonyl (C=O) groups is 1. The minimum Gasteiger partial charge on any atom is -1.00 e. The van der Waals surface area contributed by atoms with Gasteiger partial charge in [-0.05, 0) is 54.7 Å². The normalized spacial score (nSPS) is 17.2. The molecule has 1 aliphatic carbocycles. The topological polar surface area (TPSA) is 46.5 Å². The van der Waals surface area contributed by atoms with Crippen molar-refractivity contribution in [3.63, 3.8) is 0 Å². The SMILES string of the molecule is Cc1c(OCC(O)C[N+](C)(C)C)cc2c(c1C)SC1=C(C=CC(=O)C1)C2.[Cl-]. The quantitative estimate of drug-likeness (QED) is 0.705. The van der Waals surface area contributed by atoms with E-state index >= 15 is 0 Å². The molecule has 2 aliphatic rings. The monoisotopic (exact) mass is 409 g/mol. The molecule has 0 aromatic heterocycles. The fraction of sp³-hybridized carbons (Fsp3) is 0.476. The van der Waals surface area contributed by atoms with E-state index < -0.39 is 6.10 Å². The molecule has 148 valence electrons. The van der Waals surface area contributed by atoms with Crippen molar-refractivity contribution < 1.29 is 31.5 Å². The molecular formula is C21H28ClNO3S. The molecule has 1 heterocycles. The second-order valence-electron chi connectivity index (χ2n) is 8.25. The standard InChI is InChI=1S/C21H28NO3S.ClH/c1-13-14(2)21-16(8-15-6-7-17(23)10-20(15)26-21)9-19(13)25-12-18(24)11-22(3,4)5;/h6-7,9,18,24H,8,10-12H2,1-5H3;1H/q+1;/p-1. The number of rotatable bonds is 5. The first-order valence-electron chi connectivity index (χ1n) is 8.99. The zero-order chi connectivity index (χ0) is 19.1. The van der Waals surface area contributed by atoms with E-state index in [1.807, 2.05) is 6.08 Å². The molecule has 1 aromatic carbocycles. The maximum Gasteiger partial charge on any atom is 0.160 e. The first-order chi connectivity index (χ1) is 12.1. The summed E-state index contributed by atoms with van der Waals surface area (Å²) in [4.78, 5) is 14.1. The number of carbonyl (C=O) groups excluding carboxylic acids is 1. The van der Waals surface area contributed by atoms with Gasteiger partial charge in [-0.25, -0.2) is 0 Å². The molecule has 4 nitrogen and oxygen atoms in total. The van der Waals surface area contributed by atoms with Crippen LogP contribution in [-0.2, 0) is 11.2 Å². The predicted molar refractivity (Wildman–Crippen MR) is 106 cm³/mol. The fourth-order valence-electron chi connectivity index (χ4n) is 3.43. The molecule has 0 radical (unpaired) electrons. The number of hydrogen-bond donors (Lipinski definition) is 1. The third-order valence-electron chi connectivity index (χ3n) is 4.83. The Hall–Kier alpha value is -1.27.